The smallest absolute Gasteiger partial charge is 0.326 e. The average molecular weight is 283 g/mol. The molecule has 0 aliphatic carbocycles. The molecule has 0 saturated heterocycles. The lowest BCUT2D eigenvalue weighted by Crippen LogP contribution is -2.45. The summed E-state index contributed by atoms with van der Waals surface area (Å²) in [7, 11) is 0. The highest BCUT2D eigenvalue weighted by Crippen LogP contribution is 2.16. The monoisotopic (exact) mass is 283 g/mol. The highest BCUT2D eigenvalue weighted by atomic mass is 19.1. The van der Waals surface area contributed by atoms with Crippen molar-refractivity contribution in [1.29, 1.82) is 0 Å². The molecule has 1 aromatic carbocycles. The Morgan fingerprint density at radius 3 is 2.65 bits per heavy atom. The molecule has 0 spiro atoms. The average Bonchev–Trinajstić information content (AvgIpc) is 2.38. The van der Waals surface area contributed by atoms with Crippen molar-refractivity contribution >= 4 is 5.97 Å². The summed E-state index contributed by atoms with van der Waals surface area (Å²) in [6.07, 6.45) is 0. The van der Waals surface area contributed by atoms with Crippen molar-refractivity contribution in [2.75, 3.05) is 13.2 Å². The van der Waals surface area contributed by atoms with E-state index in [1.165, 1.54) is 6.07 Å². The van der Waals surface area contributed by atoms with Gasteiger partial charge in [0.05, 0.1) is 6.61 Å². The molecule has 5 heteroatoms. The van der Waals surface area contributed by atoms with E-state index < -0.39 is 6.04 Å². The molecule has 0 aromatic heterocycles. The lowest BCUT2D eigenvalue weighted by molar-refractivity contribution is -0.146. The number of ether oxygens (including phenoxy) is 2. The Bertz CT molecular complexity index is 449. The lowest BCUT2D eigenvalue weighted by Gasteiger charge is -2.20. The topological polar surface area (TPSA) is 47.6 Å². The minimum atomic E-state index is -0.570. The minimum absolute atomic E-state index is 0.0967. The molecule has 1 aromatic rings. The predicted molar refractivity (Wildman–Crippen MR) is 75.3 cm³/mol. The van der Waals surface area contributed by atoms with Crippen LogP contribution < -0.4 is 10.1 Å². The second-order valence-electron chi connectivity index (χ2n) is 4.85. The van der Waals surface area contributed by atoms with E-state index in [-0.39, 0.29) is 24.4 Å². The van der Waals surface area contributed by atoms with Crippen LogP contribution >= 0.6 is 0 Å². The van der Waals surface area contributed by atoms with Crippen LogP contribution in [0.3, 0.4) is 0 Å². The molecular weight excluding hydrogens is 261 g/mol. The van der Waals surface area contributed by atoms with E-state index in [9.17, 15) is 9.18 Å². The maximum Gasteiger partial charge on any atom is 0.326 e. The third-order valence-corrected chi connectivity index (χ3v) is 2.67. The maximum absolute atomic E-state index is 13.4. The molecule has 112 valence electrons. The number of hydrogen-bond acceptors (Lipinski definition) is 4. The Balaban J connectivity index is 2.65. The third-order valence-electron chi connectivity index (χ3n) is 2.67. The van der Waals surface area contributed by atoms with Gasteiger partial charge in [0.25, 0.3) is 0 Å². The zero-order valence-electron chi connectivity index (χ0n) is 12.4. The Labute approximate surface area is 119 Å². The summed E-state index contributed by atoms with van der Waals surface area (Å²) in [5, 5.41) is 3.07. The van der Waals surface area contributed by atoms with E-state index in [2.05, 4.69) is 5.32 Å². The van der Waals surface area contributed by atoms with Gasteiger partial charge in [-0.3, -0.25) is 10.1 Å². The quantitative estimate of drug-likeness (QED) is 0.781. The Kier molecular flexibility index (Phi) is 6.45. The molecule has 1 rings (SSSR count). The number of carbonyl (C=O) groups excluding carboxylic acids is 1. The number of benzene rings is 1. The van der Waals surface area contributed by atoms with Gasteiger partial charge in [-0.05, 0) is 25.5 Å². The summed E-state index contributed by atoms with van der Waals surface area (Å²) < 4.78 is 23.9. The molecule has 0 saturated carbocycles. The van der Waals surface area contributed by atoms with E-state index in [0.29, 0.717) is 17.9 Å². The van der Waals surface area contributed by atoms with Crippen LogP contribution in [-0.2, 0) is 9.53 Å². The van der Waals surface area contributed by atoms with Gasteiger partial charge in [-0.1, -0.05) is 19.9 Å². The van der Waals surface area contributed by atoms with E-state index in [4.69, 9.17) is 9.47 Å². The van der Waals surface area contributed by atoms with Gasteiger partial charge in [-0.2, -0.15) is 0 Å². The molecule has 1 unspecified atom stereocenters. The van der Waals surface area contributed by atoms with Crippen LogP contribution in [0.2, 0.25) is 0 Å². The number of carbonyl (C=O) groups is 1. The largest absolute Gasteiger partial charge is 0.491 e. The second kappa shape index (κ2) is 7.85. The molecule has 1 N–H and O–H groups in total. The van der Waals surface area contributed by atoms with E-state index in [1.54, 1.807) is 26.0 Å². The van der Waals surface area contributed by atoms with Crippen molar-refractivity contribution in [1.82, 2.24) is 5.32 Å². The fourth-order valence-corrected chi connectivity index (χ4v) is 1.67. The zero-order chi connectivity index (χ0) is 15.1. The second-order valence-corrected chi connectivity index (χ2v) is 4.85. The van der Waals surface area contributed by atoms with Gasteiger partial charge in [0.1, 0.15) is 24.2 Å². The maximum atomic E-state index is 13.4. The first-order valence-corrected chi connectivity index (χ1v) is 6.75. The summed E-state index contributed by atoms with van der Waals surface area (Å²) in [6.45, 7) is 7.70. The molecule has 20 heavy (non-hydrogen) atoms. The number of hydrogen-bond donors (Lipinski definition) is 1. The number of nitrogens with one attached hydrogen (secondary N) is 1. The predicted octanol–water partition coefficient (Wildman–Crippen LogP) is 2.44. The number of halogens is 1. The molecule has 4 nitrogen and oxygen atoms in total. The van der Waals surface area contributed by atoms with Gasteiger partial charge in [0, 0.05) is 12.1 Å². The molecule has 0 radical (unpaired) electrons. The minimum Gasteiger partial charge on any atom is -0.491 e. The van der Waals surface area contributed by atoms with Gasteiger partial charge in [-0.25, -0.2) is 4.39 Å². The molecule has 0 aliphatic heterocycles. The standard InChI is InChI=1S/C15H22FNO3/c1-5-19-15(18)14(17-10(2)3)9-20-12-7-6-11(4)13(16)8-12/h6-8,10,14,17H,5,9H2,1-4H3. The van der Waals surface area contributed by atoms with Crippen molar-refractivity contribution in [2.24, 2.45) is 0 Å². The number of aryl methyl sites for hydroxylation is 1. The van der Waals surface area contributed by atoms with Gasteiger partial charge in [0.15, 0.2) is 0 Å². The first-order chi connectivity index (χ1) is 9.43. The zero-order valence-corrected chi connectivity index (χ0v) is 12.4. The molecule has 1 atom stereocenters. The lowest BCUT2D eigenvalue weighted by atomic mass is 10.2. The van der Waals surface area contributed by atoms with Crippen molar-refractivity contribution in [3.8, 4) is 5.75 Å². The summed E-state index contributed by atoms with van der Waals surface area (Å²) in [5.74, 6) is -0.297. The van der Waals surface area contributed by atoms with Crippen molar-refractivity contribution < 1.29 is 18.7 Å². The normalized spacial score (nSPS) is 12.3. The van der Waals surface area contributed by atoms with Gasteiger partial charge >= 0.3 is 5.97 Å². The van der Waals surface area contributed by atoms with Crippen LogP contribution in [0.25, 0.3) is 0 Å². The summed E-state index contributed by atoms with van der Waals surface area (Å²) in [5.41, 5.74) is 0.555. The Morgan fingerprint density at radius 1 is 1.40 bits per heavy atom. The van der Waals surface area contributed by atoms with E-state index in [0.717, 1.165) is 0 Å². The van der Waals surface area contributed by atoms with E-state index >= 15 is 0 Å². The Morgan fingerprint density at radius 2 is 2.10 bits per heavy atom. The first-order valence-electron chi connectivity index (χ1n) is 6.75. The van der Waals surface area contributed by atoms with Crippen molar-refractivity contribution in [3.63, 3.8) is 0 Å². The third kappa shape index (κ3) is 5.17. The molecule has 0 amide bonds. The van der Waals surface area contributed by atoms with Crippen molar-refractivity contribution in [2.45, 2.75) is 39.8 Å². The van der Waals surface area contributed by atoms with Gasteiger partial charge in [-0.15, -0.1) is 0 Å². The van der Waals surface area contributed by atoms with E-state index in [1.807, 2.05) is 13.8 Å². The Hall–Kier alpha value is -1.62. The van der Waals surface area contributed by atoms with Gasteiger partial charge < -0.3 is 9.47 Å². The SMILES string of the molecule is CCOC(=O)C(COc1ccc(C)c(F)c1)NC(C)C. The summed E-state index contributed by atoms with van der Waals surface area (Å²) in [6, 6.07) is 4.17. The fourth-order valence-electron chi connectivity index (χ4n) is 1.67. The van der Waals surface area contributed by atoms with Crippen LogP contribution in [0.5, 0.6) is 5.75 Å². The van der Waals surface area contributed by atoms with Crippen LogP contribution in [0.4, 0.5) is 4.39 Å². The highest BCUT2D eigenvalue weighted by molar-refractivity contribution is 5.76. The molecule has 0 heterocycles. The molecular formula is C15H22FNO3. The number of esters is 1. The fraction of sp³-hybridized carbons (Fsp3) is 0.533. The van der Waals surface area contributed by atoms with Gasteiger partial charge in [0.2, 0.25) is 0 Å². The molecule has 0 bridgehead atoms. The van der Waals surface area contributed by atoms with Crippen LogP contribution in [-0.4, -0.2) is 31.3 Å². The first kappa shape index (κ1) is 16.4. The molecule has 0 fully saturated rings. The summed E-state index contributed by atoms with van der Waals surface area (Å²) in [4.78, 5) is 11.8. The van der Waals surface area contributed by atoms with Crippen LogP contribution in [0, 0.1) is 12.7 Å². The van der Waals surface area contributed by atoms with Crippen LogP contribution in [0.1, 0.15) is 26.3 Å². The number of rotatable bonds is 7. The summed E-state index contributed by atoms with van der Waals surface area (Å²) >= 11 is 0. The highest BCUT2D eigenvalue weighted by Gasteiger charge is 2.21. The van der Waals surface area contributed by atoms with Crippen LogP contribution in [0.15, 0.2) is 18.2 Å². The molecule has 0 aliphatic rings. The van der Waals surface area contributed by atoms with Crippen molar-refractivity contribution in [3.05, 3.63) is 29.6 Å².